The maximum atomic E-state index is 4.12. The van der Waals surface area contributed by atoms with Gasteiger partial charge in [-0.15, -0.1) is 0 Å². The molecule has 0 unspecified atom stereocenters. The summed E-state index contributed by atoms with van der Waals surface area (Å²) in [6.45, 7) is 4.20. The summed E-state index contributed by atoms with van der Waals surface area (Å²) in [4.78, 5) is 0. The van der Waals surface area contributed by atoms with Gasteiger partial charge in [-0.2, -0.15) is 15.4 Å². The van der Waals surface area contributed by atoms with Crippen LogP contribution in [0.25, 0.3) is 11.0 Å². The largest absolute Gasteiger partial charge is 0.197 e. The van der Waals surface area contributed by atoms with Gasteiger partial charge in [0.25, 0.3) is 0 Å². The Morgan fingerprint density at radius 1 is 0.947 bits per heavy atom. The number of rotatable bonds is 0. The maximum Gasteiger partial charge on any atom is 0.128 e. The van der Waals surface area contributed by atoms with Crippen molar-refractivity contribution in [1.82, 2.24) is 15.4 Å². The Balaban J connectivity index is 2.03. The van der Waals surface area contributed by atoms with Crippen LogP contribution in [0.5, 0.6) is 0 Å². The van der Waals surface area contributed by atoms with Crippen molar-refractivity contribution in [3.63, 3.8) is 0 Å². The summed E-state index contributed by atoms with van der Waals surface area (Å²) in [6.07, 6.45) is 0. The highest BCUT2D eigenvalue weighted by atomic mass is 15.3. The predicted molar refractivity (Wildman–Crippen MR) is 75.8 cm³/mol. The Kier molecular flexibility index (Phi) is 2.77. The lowest BCUT2D eigenvalue weighted by molar-refractivity contribution is 0.959. The van der Waals surface area contributed by atoms with Gasteiger partial charge in [0.2, 0.25) is 0 Å². The highest BCUT2D eigenvalue weighted by Crippen LogP contribution is 2.13. The lowest BCUT2D eigenvalue weighted by Crippen LogP contribution is -1.83. The molecule has 0 aliphatic rings. The van der Waals surface area contributed by atoms with E-state index in [1.54, 1.807) is 0 Å². The normalized spacial score (nSPS) is 10.2. The van der Waals surface area contributed by atoms with E-state index in [9.17, 15) is 0 Å². The summed E-state index contributed by atoms with van der Waals surface area (Å²) < 4.78 is 0. The SMILES string of the molecule is Cc1ccc(C#Cc2cccc3n[nH]nc23)cc1C. The number of benzene rings is 2. The monoisotopic (exact) mass is 247 g/mol. The van der Waals surface area contributed by atoms with Crippen LogP contribution in [0.15, 0.2) is 36.4 Å². The van der Waals surface area contributed by atoms with Crippen molar-refractivity contribution in [3.8, 4) is 11.8 Å². The van der Waals surface area contributed by atoms with Crippen molar-refractivity contribution in [2.75, 3.05) is 0 Å². The fraction of sp³-hybridized carbons (Fsp3) is 0.125. The number of nitrogens with one attached hydrogen (secondary N) is 1. The number of aromatic nitrogens is 3. The van der Waals surface area contributed by atoms with E-state index in [0.717, 1.165) is 22.2 Å². The molecule has 1 heterocycles. The van der Waals surface area contributed by atoms with Gasteiger partial charge in [0.05, 0.1) is 5.56 Å². The Hall–Kier alpha value is -2.60. The lowest BCUT2D eigenvalue weighted by atomic mass is 10.1. The van der Waals surface area contributed by atoms with Crippen LogP contribution in [-0.4, -0.2) is 15.4 Å². The van der Waals surface area contributed by atoms with Crippen molar-refractivity contribution < 1.29 is 0 Å². The summed E-state index contributed by atoms with van der Waals surface area (Å²) in [5, 5.41) is 10.8. The number of hydrogen-bond donors (Lipinski definition) is 1. The number of aryl methyl sites for hydroxylation is 2. The average Bonchev–Trinajstić information content (AvgIpc) is 2.89. The topological polar surface area (TPSA) is 41.6 Å². The Morgan fingerprint density at radius 3 is 2.68 bits per heavy atom. The molecule has 3 rings (SSSR count). The van der Waals surface area contributed by atoms with Gasteiger partial charge in [-0.1, -0.05) is 24.0 Å². The van der Waals surface area contributed by atoms with Gasteiger partial charge in [0.1, 0.15) is 11.0 Å². The van der Waals surface area contributed by atoms with Crippen molar-refractivity contribution >= 4 is 11.0 Å². The molecular weight excluding hydrogens is 234 g/mol. The van der Waals surface area contributed by atoms with Crippen molar-refractivity contribution in [2.24, 2.45) is 0 Å². The van der Waals surface area contributed by atoms with Crippen LogP contribution < -0.4 is 0 Å². The highest BCUT2D eigenvalue weighted by molar-refractivity contribution is 5.80. The number of fused-ring (bicyclic) bond motifs is 1. The fourth-order valence-corrected chi connectivity index (χ4v) is 1.93. The minimum Gasteiger partial charge on any atom is -0.197 e. The number of hydrogen-bond acceptors (Lipinski definition) is 2. The van der Waals surface area contributed by atoms with Crippen molar-refractivity contribution in [3.05, 3.63) is 58.7 Å². The summed E-state index contributed by atoms with van der Waals surface area (Å²) in [5.74, 6) is 6.34. The average molecular weight is 247 g/mol. The van der Waals surface area contributed by atoms with E-state index in [-0.39, 0.29) is 0 Å². The summed E-state index contributed by atoms with van der Waals surface area (Å²) in [6, 6.07) is 12.0. The van der Waals surface area contributed by atoms with E-state index in [1.807, 2.05) is 24.3 Å². The molecule has 0 radical (unpaired) electrons. The van der Waals surface area contributed by atoms with E-state index in [4.69, 9.17) is 0 Å². The zero-order valence-corrected chi connectivity index (χ0v) is 10.9. The molecular formula is C16H13N3. The van der Waals surface area contributed by atoms with Crippen LogP contribution in [0.3, 0.4) is 0 Å². The molecule has 0 bridgehead atoms. The van der Waals surface area contributed by atoms with Crippen LogP contribution in [0, 0.1) is 25.7 Å². The molecule has 3 aromatic rings. The van der Waals surface area contributed by atoms with Gasteiger partial charge in [0.15, 0.2) is 0 Å². The molecule has 2 aromatic carbocycles. The van der Waals surface area contributed by atoms with Crippen LogP contribution in [-0.2, 0) is 0 Å². The van der Waals surface area contributed by atoms with Gasteiger partial charge in [-0.05, 0) is 49.2 Å². The molecule has 0 aliphatic heterocycles. The molecule has 0 fully saturated rings. The zero-order chi connectivity index (χ0) is 13.2. The molecule has 19 heavy (non-hydrogen) atoms. The van der Waals surface area contributed by atoms with Crippen LogP contribution in [0.4, 0.5) is 0 Å². The number of para-hydroxylation sites is 1. The predicted octanol–water partition coefficient (Wildman–Crippen LogP) is 2.97. The molecule has 0 aliphatic carbocycles. The third kappa shape index (κ3) is 2.21. The highest BCUT2D eigenvalue weighted by Gasteiger charge is 2.01. The van der Waals surface area contributed by atoms with Gasteiger partial charge in [-0.3, -0.25) is 0 Å². The molecule has 92 valence electrons. The summed E-state index contributed by atoms with van der Waals surface area (Å²) >= 11 is 0. The fourth-order valence-electron chi connectivity index (χ4n) is 1.93. The summed E-state index contributed by atoms with van der Waals surface area (Å²) in [7, 11) is 0. The molecule has 0 spiro atoms. The second-order valence-corrected chi connectivity index (χ2v) is 4.55. The van der Waals surface area contributed by atoms with E-state index in [0.29, 0.717) is 0 Å². The molecule has 3 heteroatoms. The quantitative estimate of drug-likeness (QED) is 0.620. The number of H-pyrrole nitrogens is 1. The van der Waals surface area contributed by atoms with Crippen LogP contribution >= 0.6 is 0 Å². The molecule has 0 saturated carbocycles. The van der Waals surface area contributed by atoms with Gasteiger partial charge < -0.3 is 0 Å². The first-order valence-electron chi connectivity index (χ1n) is 6.13. The Bertz CT molecular complexity index is 803. The van der Waals surface area contributed by atoms with E-state index >= 15 is 0 Å². The second kappa shape index (κ2) is 4.58. The molecule has 0 amide bonds. The smallest absolute Gasteiger partial charge is 0.128 e. The van der Waals surface area contributed by atoms with E-state index < -0.39 is 0 Å². The summed E-state index contributed by atoms with van der Waals surface area (Å²) in [5.41, 5.74) is 6.11. The third-order valence-electron chi connectivity index (χ3n) is 3.20. The Labute approximate surface area is 111 Å². The standard InChI is InChI=1S/C16H13N3/c1-11-6-7-13(10-12(11)2)8-9-14-4-3-5-15-16(14)18-19-17-15/h3-7,10H,1-2H3,(H,17,18,19). The third-order valence-corrected chi connectivity index (χ3v) is 3.20. The molecule has 1 aromatic heterocycles. The molecule has 0 atom stereocenters. The van der Waals surface area contributed by atoms with Crippen LogP contribution in [0.2, 0.25) is 0 Å². The lowest BCUT2D eigenvalue weighted by Gasteiger charge is -1.98. The molecule has 1 N–H and O–H groups in total. The zero-order valence-electron chi connectivity index (χ0n) is 10.9. The minimum absolute atomic E-state index is 0.818. The van der Waals surface area contributed by atoms with Crippen molar-refractivity contribution in [2.45, 2.75) is 13.8 Å². The first-order chi connectivity index (χ1) is 9.24. The van der Waals surface area contributed by atoms with Gasteiger partial charge in [0, 0.05) is 5.56 Å². The van der Waals surface area contributed by atoms with Gasteiger partial charge >= 0.3 is 0 Å². The first kappa shape index (κ1) is 11.5. The second-order valence-electron chi connectivity index (χ2n) is 4.55. The minimum atomic E-state index is 0.818. The van der Waals surface area contributed by atoms with Gasteiger partial charge in [-0.25, -0.2) is 0 Å². The van der Waals surface area contributed by atoms with Crippen LogP contribution in [0.1, 0.15) is 22.3 Å². The van der Waals surface area contributed by atoms with Crippen molar-refractivity contribution in [1.29, 1.82) is 0 Å². The molecule has 0 saturated heterocycles. The number of aromatic amines is 1. The Morgan fingerprint density at radius 2 is 1.84 bits per heavy atom. The van der Waals surface area contributed by atoms with E-state index in [2.05, 4.69) is 53.2 Å². The van der Waals surface area contributed by atoms with E-state index in [1.165, 1.54) is 11.1 Å². The molecule has 3 nitrogen and oxygen atoms in total. The maximum absolute atomic E-state index is 4.12. The number of nitrogens with zero attached hydrogens (tertiary/aromatic N) is 2. The first-order valence-corrected chi connectivity index (χ1v) is 6.13.